The maximum atomic E-state index is 13.8. The topological polar surface area (TPSA) is 55.2 Å². The second-order valence-corrected chi connectivity index (χ2v) is 9.08. The Morgan fingerprint density at radius 3 is 2.31 bits per heavy atom. The summed E-state index contributed by atoms with van der Waals surface area (Å²) in [6, 6.07) is 13.8. The molecule has 1 aliphatic rings. The number of Topliss-reactive ketones (excluding diaryl/α,β-unsaturated/α-hetero) is 1. The van der Waals surface area contributed by atoms with Crippen molar-refractivity contribution in [3.8, 4) is 0 Å². The fourth-order valence-electron chi connectivity index (χ4n) is 4.91. The SMILES string of the molecule is CCN1C(=O)[C@@H](CC(=O)c2cccc(C)c2)[C@@H](c2ccc(F)cc2)c2c(C)nn(C(C)C)c21.S.S. The van der Waals surface area contributed by atoms with Crippen molar-refractivity contribution in [2.75, 3.05) is 11.4 Å². The van der Waals surface area contributed by atoms with E-state index < -0.39 is 5.92 Å². The van der Waals surface area contributed by atoms with E-state index in [4.69, 9.17) is 5.10 Å². The van der Waals surface area contributed by atoms with Gasteiger partial charge in [0.05, 0.1) is 11.6 Å². The Morgan fingerprint density at radius 1 is 1.09 bits per heavy atom. The molecule has 188 valence electrons. The zero-order valence-corrected chi connectivity index (χ0v) is 22.8. The Hall–Kier alpha value is -2.58. The summed E-state index contributed by atoms with van der Waals surface area (Å²) < 4.78 is 15.6. The first-order valence-corrected chi connectivity index (χ1v) is 11.5. The molecule has 0 fully saturated rings. The average Bonchev–Trinajstić information content (AvgIpc) is 3.12. The van der Waals surface area contributed by atoms with Crippen molar-refractivity contribution in [1.29, 1.82) is 0 Å². The summed E-state index contributed by atoms with van der Waals surface area (Å²) in [7, 11) is 0. The van der Waals surface area contributed by atoms with E-state index >= 15 is 0 Å². The third-order valence-corrected chi connectivity index (χ3v) is 6.44. The van der Waals surface area contributed by atoms with E-state index in [2.05, 4.69) is 0 Å². The summed E-state index contributed by atoms with van der Waals surface area (Å²) in [6.45, 7) is 10.4. The van der Waals surface area contributed by atoms with E-state index in [9.17, 15) is 14.0 Å². The first-order chi connectivity index (χ1) is 15.7. The highest BCUT2D eigenvalue weighted by Gasteiger charge is 2.45. The highest BCUT2D eigenvalue weighted by Crippen LogP contribution is 2.47. The number of fused-ring (bicyclic) bond motifs is 1. The van der Waals surface area contributed by atoms with E-state index in [-0.39, 0.29) is 62.9 Å². The third-order valence-electron chi connectivity index (χ3n) is 6.44. The quantitative estimate of drug-likeness (QED) is 0.388. The van der Waals surface area contributed by atoms with Gasteiger partial charge in [0.2, 0.25) is 5.91 Å². The van der Waals surface area contributed by atoms with Crippen LogP contribution in [0.4, 0.5) is 10.2 Å². The van der Waals surface area contributed by atoms with Gasteiger partial charge >= 0.3 is 0 Å². The van der Waals surface area contributed by atoms with Gasteiger partial charge in [-0.25, -0.2) is 9.07 Å². The van der Waals surface area contributed by atoms with E-state index in [0.717, 1.165) is 28.2 Å². The van der Waals surface area contributed by atoms with Crippen molar-refractivity contribution in [2.24, 2.45) is 5.92 Å². The smallest absolute Gasteiger partial charge is 0.232 e. The molecule has 8 heteroatoms. The largest absolute Gasteiger partial charge is 0.297 e. The Bertz CT molecular complexity index is 1210. The van der Waals surface area contributed by atoms with Gasteiger partial charge in [0.25, 0.3) is 0 Å². The molecule has 0 saturated carbocycles. The molecule has 1 aliphatic heterocycles. The minimum Gasteiger partial charge on any atom is -0.297 e. The second-order valence-electron chi connectivity index (χ2n) is 9.08. The molecular weight excluding hydrogens is 481 g/mol. The van der Waals surface area contributed by atoms with Gasteiger partial charge in [-0.2, -0.15) is 32.1 Å². The van der Waals surface area contributed by atoms with Gasteiger partial charge in [-0.15, -0.1) is 0 Å². The molecule has 0 unspecified atom stereocenters. The summed E-state index contributed by atoms with van der Waals surface area (Å²) in [5, 5.41) is 4.76. The molecule has 0 N–H and O–H groups in total. The van der Waals surface area contributed by atoms with Crippen LogP contribution < -0.4 is 4.90 Å². The highest BCUT2D eigenvalue weighted by molar-refractivity contribution is 7.59. The van der Waals surface area contributed by atoms with Crippen LogP contribution in [0.2, 0.25) is 0 Å². The summed E-state index contributed by atoms with van der Waals surface area (Å²) in [5.41, 5.74) is 4.18. The van der Waals surface area contributed by atoms with Crippen LogP contribution in [0.25, 0.3) is 0 Å². The van der Waals surface area contributed by atoms with Crippen LogP contribution in [0, 0.1) is 25.6 Å². The van der Waals surface area contributed by atoms with E-state index in [0.29, 0.717) is 12.1 Å². The molecule has 35 heavy (non-hydrogen) atoms. The van der Waals surface area contributed by atoms with E-state index in [1.807, 2.05) is 57.5 Å². The highest BCUT2D eigenvalue weighted by atomic mass is 32.1. The van der Waals surface area contributed by atoms with Crippen LogP contribution >= 0.6 is 27.0 Å². The maximum Gasteiger partial charge on any atom is 0.232 e. The Labute approximate surface area is 220 Å². The monoisotopic (exact) mass is 515 g/mol. The van der Waals surface area contributed by atoms with Gasteiger partial charge in [0.15, 0.2) is 5.78 Å². The predicted octanol–water partition coefficient (Wildman–Crippen LogP) is 5.83. The van der Waals surface area contributed by atoms with Gasteiger partial charge in [0.1, 0.15) is 11.6 Å². The minimum atomic E-state index is -0.598. The van der Waals surface area contributed by atoms with Crippen molar-refractivity contribution in [3.63, 3.8) is 0 Å². The number of halogens is 1. The normalized spacial score (nSPS) is 17.0. The number of rotatable bonds is 6. The predicted molar refractivity (Wildman–Crippen MR) is 148 cm³/mol. The molecule has 2 atom stereocenters. The van der Waals surface area contributed by atoms with Crippen LogP contribution in [-0.4, -0.2) is 28.0 Å². The lowest BCUT2D eigenvalue weighted by atomic mass is 9.74. The number of anilines is 1. The Balaban J connectivity index is 0.00000216. The van der Waals surface area contributed by atoms with Crippen LogP contribution in [0.15, 0.2) is 48.5 Å². The zero-order chi connectivity index (χ0) is 23.9. The molecule has 0 aliphatic carbocycles. The first-order valence-electron chi connectivity index (χ1n) is 11.5. The lowest BCUT2D eigenvalue weighted by Gasteiger charge is -2.38. The molecule has 0 saturated heterocycles. The van der Waals surface area contributed by atoms with Gasteiger partial charge in [-0.05, 0) is 58.4 Å². The standard InChI is InChI=1S/C27H30FN3O2.2H2S/c1-6-30-26-24(18(5)29-31(26)16(2)3)25(19-10-12-21(28)13-11-19)22(27(30)33)15-23(32)20-9-7-8-17(4)14-20;;/h7-14,16,22,25H,6,15H2,1-5H3;2*1H2/t22-,25+;;/m0../s1. The number of nitrogens with zero attached hydrogens (tertiary/aromatic N) is 3. The van der Waals surface area contributed by atoms with E-state index in [1.165, 1.54) is 12.1 Å². The van der Waals surface area contributed by atoms with Crippen LogP contribution in [0.5, 0.6) is 0 Å². The lowest BCUT2D eigenvalue weighted by Crippen LogP contribution is -2.45. The molecule has 0 spiro atoms. The molecule has 4 rings (SSSR count). The number of benzene rings is 2. The fourth-order valence-corrected chi connectivity index (χ4v) is 4.91. The van der Waals surface area contributed by atoms with Crippen LogP contribution in [-0.2, 0) is 4.79 Å². The minimum absolute atomic E-state index is 0. The number of carbonyl (C=O) groups is 2. The molecule has 2 heterocycles. The molecule has 1 amide bonds. The molecule has 0 bridgehead atoms. The van der Waals surface area contributed by atoms with Crippen molar-refractivity contribution in [1.82, 2.24) is 9.78 Å². The van der Waals surface area contributed by atoms with Crippen molar-refractivity contribution >= 4 is 44.5 Å². The van der Waals surface area contributed by atoms with Crippen LogP contribution in [0.1, 0.15) is 71.9 Å². The number of hydrogen-bond donors (Lipinski definition) is 0. The van der Waals surface area contributed by atoms with Crippen molar-refractivity contribution in [2.45, 2.75) is 53.0 Å². The summed E-state index contributed by atoms with van der Waals surface area (Å²) in [6.07, 6.45) is 0.0760. The summed E-state index contributed by atoms with van der Waals surface area (Å²) >= 11 is 0. The number of aromatic nitrogens is 2. The van der Waals surface area contributed by atoms with Crippen molar-refractivity contribution in [3.05, 3.63) is 82.3 Å². The number of hydrogen-bond acceptors (Lipinski definition) is 3. The average molecular weight is 516 g/mol. The van der Waals surface area contributed by atoms with Gasteiger partial charge in [-0.3, -0.25) is 14.5 Å². The Kier molecular flexibility index (Phi) is 9.36. The summed E-state index contributed by atoms with van der Waals surface area (Å²) in [5.74, 6) is -0.696. The second kappa shape index (κ2) is 11.4. The van der Waals surface area contributed by atoms with Crippen molar-refractivity contribution < 1.29 is 14.0 Å². The number of ketones is 1. The van der Waals surface area contributed by atoms with Crippen LogP contribution in [0.3, 0.4) is 0 Å². The third kappa shape index (κ3) is 5.33. The van der Waals surface area contributed by atoms with Gasteiger partial charge in [0, 0.05) is 36.1 Å². The zero-order valence-electron chi connectivity index (χ0n) is 20.8. The molecular formula is C27H34FN3O2S2. The number of amides is 1. The van der Waals surface area contributed by atoms with E-state index in [1.54, 1.807) is 23.1 Å². The number of aryl methyl sites for hydroxylation is 2. The Morgan fingerprint density at radius 2 is 1.74 bits per heavy atom. The molecule has 3 aromatic rings. The fraction of sp³-hybridized carbons (Fsp3) is 0.370. The molecule has 0 radical (unpaired) electrons. The number of carbonyl (C=O) groups excluding carboxylic acids is 2. The lowest BCUT2D eigenvalue weighted by molar-refractivity contribution is -0.123. The van der Waals surface area contributed by atoms with Gasteiger partial charge in [-0.1, -0.05) is 35.9 Å². The summed E-state index contributed by atoms with van der Waals surface area (Å²) in [4.78, 5) is 28.9. The van der Waals surface area contributed by atoms with Gasteiger partial charge < -0.3 is 0 Å². The molecule has 5 nitrogen and oxygen atoms in total. The first kappa shape index (κ1) is 28.7. The maximum absolute atomic E-state index is 13.8. The molecule has 2 aromatic carbocycles. The molecule has 1 aromatic heterocycles.